The summed E-state index contributed by atoms with van der Waals surface area (Å²) in [6.45, 7) is 1.85. The van der Waals surface area contributed by atoms with Crippen molar-refractivity contribution < 1.29 is 9.84 Å². The fraction of sp³-hybridized carbons (Fsp3) is 0.444. The molecule has 1 fully saturated rings. The van der Waals surface area contributed by atoms with E-state index in [1.807, 2.05) is 18.2 Å². The standard InChI is InChI=1S/C18H24N4O2/c1-24-16-6-4-14(5-7-16)8-10-19-17-9-11-20-18(21-17)22-12-2-3-15(22)13-23/h4-7,9,11,15,23H,2-3,8,10,12-13H2,1H3,(H,19,20,21). The van der Waals surface area contributed by atoms with Crippen LogP contribution in [-0.2, 0) is 6.42 Å². The van der Waals surface area contributed by atoms with E-state index >= 15 is 0 Å². The second-order valence-corrected chi connectivity index (χ2v) is 5.94. The van der Waals surface area contributed by atoms with E-state index in [0.717, 1.165) is 43.9 Å². The molecule has 3 rings (SSSR count). The summed E-state index contributed by atoms with van der Waals surface area (Å²) in [5, 5.41) is 12.8. The molecule has 0 saturated carbocycles. The molecule has 6 nitrogen and oxygen atoms in total. The largest absolute Gasteiger partial charge is 0.497 e. The molecule has 1 atom stereocenters. The summed E-state index contributed by atoms with van der Waals surface area (Å²) in [5.74, 6) is 2.38. The van der Waals surface area contributed by atoms with Gasteiger partial charge < -0.3 is 20.1 Å². The van der Waals surface area contributed by atoms with Gasteiger partial charge in [-0.15, -0.1) is 0 Å². The lowest BCUT2D eigenvalue weighted by molar-refractivity contribution is 0.265. The molecule has 1 aromatic heterocycles. The average molecular weight is 328 g/mol. The molecule has 2 N–H and O–H groups in total. The predicted molar refractivity (Wildman–Crippen MR) is 94.7 cm³/mol. The number of ether oxygens (including phenoxy) is 1. The van der Waals surface area contributed by atoms with E-state index in [1.54, 1.807) is 13.3 Å². The van der Waals surface area contributed by atoms with Crippen molar-refractivity contribution in [2.45, 2.75) is 25.3 Å². The molecule has 128 valence electrons. The van der Waals surface area contributed by atoms with Gasteiger partial charge in [0.1, 0.15) is 11.6 Å². The Morgan fingerprint density at radius 3 is 2.88 bits per heavy atom. The van der Waals surface area contributed by atoms with Gasteiger partial charge in [0.05, 0.1) is 19.8 Å². The number of hydrogen-bond donors (Lipinski definition) is 2. The summed E-state index contributed by atoms with van der Waals surface area (Å²) in [6, 6.07) is 10.1. The minimum absolute atomic E-state index is 0.138. The molecule has 6 heteroatoms. The molecule has 1 aliphatic rings. The lowest BCUT2D eigenvalue weighted by atomic mass is 10.1. The molecule has 0 amide bonds. The summed E-state index contributed by atoms with van der Waals surface area (Å²) in [6.07, 6.45) is 4.75. The zero-order valence-electron chi connectivity index (χ0n) is 14.0. The van der Waals surface area contributed by atoms with Crippen LogP contribution in [0.1, 0.15) is 18.4 Å². The van der Waals surface area contributed by atoms with Gasteiger partial charge in [0.2, 0.25) is 5.95 Å². The van der Waals surface area contributed by atoms with Crippen molar-refractivity contribution in [3.63, 3.8) is 0 Å². The molecule has 0 aliphatic carbocycles. The van der Waals surface area contributed by atoms with Crippen LogP contribution >= 0.6 is 0 Å². The van der Waals surface area contributed by atoms with E-state index in [0.29, 0.717) is 5.95 Å². The van der Waals surface area contributed by atoms with Crippen molar-refractivity contribution in [3.8, 4) is 5.75 Å². The summed E-state index contributed by atoms with van der Waals surface area (Å²) in [4.78, 5) is 11.0. The van der Waals surface area contributed by atoms with Crippen molar-refractivity contribution in [2.75, 3.05) is 37.0 Å². The second kappa shape index (κ2) is 7.97. The highest BCUT2D eigenvalue weighted by Crippen LogP contribution is 2.22. The normalized spacial score (nSPS) is 17.1. The lowest BCUT2D eigenvalue weighted by Crippen LogP contribution is -2.33. The highest BCUT2D eigenvalue weighted by Gasteiger charge is 2.25. The van der Waals surface area contributed by atoms with Crippen molar-refractivity contribution in [2.24, 2.45) is 0 Å². The van der Waals surface area contributed by atoms with Gasteiger partial charge in [0, 0.05) is 19.3 Å². The number of nitrogens with zero attached hydrogens (tertiary/aromatic N) is 3. The monoisotopic (exact) mass is 328 g/mol. The van der Waals surface area contributed by atoms with Crippen LogP contribution in [0, 0.1) is 0 Å². The van der Waals surface area contributed by atoms with E-state index in [2.05, 4.69) is 32.3 Å². The maximum atomic E-state index is 9.45. The highest BCUT2D eigenvalue weighted by molar-refractivity contribution is 5.43. The number of hydrogen-bond acceptors (Lipinski definition) is 6. The van der Waals surface area contributed by atoms with Gasteiger partial charge in [-0.2, -0.15) is 4.98 Å². The van der Waals surface area contributed by atoms with Gasteiger partial charge >= 0.3 is 0 Å². The molecule has 1 aromatic carbocycles. The minimum Gasteiger partial charge on any atom is -0.497 e. The van der Waals surface area contributed by atoms with Crippen LogP contribution in [0.2, 0.25) is 0 Å². The SMILES string of the molecule is COc1ccc(CCNc2ccnc(N3CCCC3CO)n2)cc1. The Kier molecular flexibility index (Phi) is 5.48. The third kappa shape index (κ3) is 3.94. The first-order valence-corrected chi connectivity index (χ1v) is 8.37. The molecule has 2 heterocycles. The number of benzene rings is 1. The first-order valence-electron chi connectivity index (χ1n) is 8.37. The van der Waals surface area contributed by atoms with E-state index in [1.165, 1.54) is 5.56 Å². The molecule has 0 radical (unpaired) electrons. The van der Waals surface area contributed by atoms with Crippen LogP contribution in [0.5, 0.6) is 5.75 Å². The molecule has 0 bridgehead atoms. The fourth-order valence-electron chi connectivity index (χ4n) is 3.00. The van der Waals surface area contributed by atoms with Crippen LogP contribution in [-0.4, -0.2) is 47.9 Å². The molecule has 1 unspecified atom stereocenters. The topological polar surface area (TPSA) is 70.5 Å². The Labute approximate surface area is 142 Å². The predicted octanol–water partition coefficient (Wildman–Crippen LogP) is 2.10. The van der Waals surface area contributed by atoms with E-state index < -0.39 is 0 Å². The molecular weight excluding hydrogens is 304 g/mol. The molecule has 2 aromatic rings. The first kappa shape index (κ1) is 16.5. The van der Waals surface area contributed by atoms with Gasteiger partial charge in [-0.1, -0.05) is 12.1 Å². The average Bonchev–Trinajstić information content (AvgIpc) is 3.11. The van der Waals surface area contributed by atoms with E-state index in [9.17, 15) is 5.11 Å². The maximum absolute atomic E-state index is 9.45. The third-order valence-corrected chi connectivity index (χ3v) is 4.37. The Balaban J connectivity index is 1.56. The number of aliphatic hydroxyl groups excluding tert-OH is 1. The second-order valence-electron chi connectivity index (χ2n) is 5.94. The van der Waals surface area contributed by atoms with Crippen molar-refractivity contribution in [3.05, 3.63) is 42.1 Å². The Hall–Kier alpha value is -2.34. The van der Waals surface area contributed by atoms with Crippen molar-refractivity contribution in [1.29, 1.82) is 0 Å². The number of methoxy groups -OCH3 is 1. The highest BCUT2D eigenvalue weighted by atomic mass is 16.5. The number of aliphatic hydroxyl groups is 1. The van der Waals surface area contributed by atoms with Gasteiger partial charge in [-0.3, -0.25) is 0 Å². The summed E-state index contributed by atoms with van der Waals surface area (Å²) in [7, 11) is 1.67. The Bertz CT molecular complexity index is 648. The summed E-state index contributed by atoms with van der Waals surface area (Å²) < 4.78 is 5.17. The van der Waals surface area contributed by atoms with Crippen LogP contribution in [0.3, 0.4) is 0 Å². The molecular formula is C18H24N4O2. The maximum Gasteiger partial charge on any atom is 0.227 e. The molecule has 1 aliphatic heterocycles. The van der Waals surface area contributed by atoms with Gasteiger partial charge in [0.15, 0.2) is 0 Å². The van der Waals surface area contributed by atoms with Gasteiger partial charge in [-0.05, 0) is 43.0 Å². The number of aromatic nitrogens is 2. The van der Waals surface area contributed by atoms with Gasteiger partial charge in [0.25, 0.3) is 0 Å². The van der Waals surface area contributed by atoms with Crippen LogP contribution < -0.4 is 15.0 Å². The van der Waals surface area contributed by atoms with Gasteiger partial charge in [-0.25, -0.2) is 4.98 Å². The third-order valence-electron chi connectivity index (χ3n) is 4.37. The van der Waals surface area contributed by atoms with E-state index in [4.69, 9.17) is 4.74 Å². The lowest BCUT2D eigenvalue weighted by Gasteiger charge is -2.23. The van der Waals surface area contributed by atoms with E-state index in [-0.39, 0.29) is 12.6 Å². The first-order chi connectivity index (χ1) is 11.8. The van der Waals surface area contributed by atoms with Crippen molar-refractivity contribution >= 4 is 11.8 Å². The Morgan fingerprint density at radius 2 is 2.12 bits per heavy atom. The Morgan fingerprint density at radius 1 is 1.29 bits per heavy atom. The number of anilines is 2. The number of rotatable bonds is 7. The molecule has 24 heavy (non-hydrogen) atoms. The van der Waals surface area contributed by atoms with Crippen molar-refractivity contribution in [1.82, 2.24) is 9.97 Å². The zero-order valence-corrected chi connectivity index (χ0v) is 14.0. The fourth-order valence-corrected chi connectivity index (χ4v) is 3.00. The molecule has 1 saturated heterocycles. The number of nitrogens with one attached hydrogen (secondary N) is 1. The van der Waals surface area contributed by atoms with Crippen LogP contribution in [0.4, 0.5) is 11.8 Å². The smallest absolute Gasteiger partial charge is 0.227 e. The summed E-state index contributed by atoms with van der Waals surface area (Å²) >= 11 is 0. The quantitative estimate of drug-likeness (QED) is 0.811. The summed E-state index contributed by atoms with van der Waals surface area (Å²) in [5.41, 5.74) is 1.25. The van der Waals surface area contributed by atoms with Crippen LogP contribution in [0.25, 0.3) is 0 Å². The minimum atomic E-state index is 0.138. The molecule has 0 spiro atoms. The zero-order chi connectivity index (χ0) is 16.8. The van der Waals surface area contributed by atoms with Crippen LogP contribution in [0.15, 0.2) is 36.5 Å².